The Balaban J connectivity index is 2.14. The number of hydrogen-bond acceptors (Lipinski definition) is 2. The van der Waals surface area contributed by atoms with Crippen LogP contribution in [0.4, 0.5) is 8.78 Å². The lowest BCUT2D eigenvalue weighted by Crippen LogP contribution is -2.43. The third-order valence-electron chi connectivity index (χ3n) is 3.36. The summed E-state index contributed by atoms with van der Waals surface area (Å²) >= 11 is 0. The lowest BCUT2D eigenvalue weighted by atomic mass is 10.0. The number of nitriles is 1. The van der Waals surface area contributed by atoms with Crippen LogP contribution in [0.5, 0.6) is 0 Å². The van der Waals surface area contributed by atoms with Gasteiger partial charge < -0.3 is 4.90 Å². The minimum atomic E-state index is -0.723. The van der Waals surface area contributed by atoms with Gasteiger partial charge in [0.05, 0.1) is 12.5 Å². The fraction of sp³-hybridized carbons (Fsp3) is 0.429. The summed E-state index contributed by atoms with van der Waals surface area (Å²) in [4.78, 5) is 13.5. The van der Waals surface area contributed by atoms with E-state index in [0.29, 0.717) is 13.0 Å². The molecule has 100 valence electrons. The van der Waals surface area contributed by atoms with Gasteiger partial charge in [-0.15, -0.1) is 0 Å². The first-order valence-corrected chi connectivity index (χ1v) is 6.25. The lowest BCUT2D eigenvalue weighted by molar-refractivity contribution is -0.132. The minimum absolute atomic E-state index is 0.227. The van der Waals surface area contributed by atoms with Crippen molar-refractivity contribution in [3.05, 3.63) is 35.4 Å². The van der Waals surface area contributed by atoms with Crippen LogP contribution in [0.1, 0.15) is 24.8 Å². The standard InChI is InChI=1S/C14H14F2N2O/c15-12-5-3-6-13(16)11(12)8-14(19)18-7-2-1-4-10(18)9-17/h3,5-6,10H,1-2,4,7-8H2. The zero-order chi connectivity index (χ0) is 13.8. The fourth-order valence-corrected chi connectivity index (χ4v) is 2.32. The number of carbonyl (C=O) groups is 1. The van der Waals surface area contributed by atoms with Crippen molar-refractivity contribution in [2.75, 3.05) is 6.54 Å². The molecular weight excluding hydrogens is 250 g/mol. The molecule has 1 saturated heterocycles. The molecule has 0 N–H and O–H groups in total. The largest absolute Gasteiger partial charge is 0.326 e. The van der Waals surface area contributed by atoms with Gasteiger partial charge in [0.2, 0.25) is 5.91 Å². The average Bonchev–Trinajstić information content (AvgIpc) is 2.42. The predicted molar refractivity (Wildman–Crippen MR) is 65.0 cm³/mol. The van der Waals surface area contributed by atoms with Crippen LogP contribution < -0.4 is 0 Å². The third kappa shape index (κ3) is 2.90. The Labute approximate surface area is 110 Å². The Morgan fingerprint density at radius 1 is 1.37 bits per heavy atom. The summed E-state index contributed by atoms with van der Waals surface area (Å²) in [6, 6.07) is 5.11. The number of hydrogen-bond donors (Lipinski definition) is 0. The van der Waals surface area contributed by atoms with E-state index in [1.54, 1.807) is 0 Å². The molecule has 1 aliphatic heterocycles. The molecule has 1 aliphatic rings. The molecule has 0 bridgehead atoms. The number of halogens is 2. The van der Waals surface area contributed by atoms with Gasteiger partial charge in [0, 0.05) is 12.1 Å². The van der Waals surface area contributed by atoms with E-state index in [4.69, 9.17) is 5.26 Å². The number of likely N-dealkylation sites (tertiary alicyclic amines) is 1. The van der Waals surface area contributed by atoms with E-state index in [0.717, 1.165) is 25.0 Å². The maximum Gasteiger partial charge on any atom is 0.228 e. The first kappa shape index (κ1) is 13.5. The van der Waals surface area contributed by atoms with Crippen LogP contribution in [0.15, 0.2) is 18.2 Å². The second kappa shape index (κ2) is 5.79. The topological polar surface area (TPSA) is 44.1 Å². The van der Waals surface area contributed by atoms with Crippen LogP contribution >= 0.6 is 0 Å². The molecule has 1 heterocycles. The van der Waals surface area contributed by atoms with E-state index in [1.165, 1.54) is 11.0 Å². The van der Waals surface area contributed by atoms with Crippen LogP contribution in [-0.2, 0) is 11.2 Å². The van der Waals surface area contributed by atoms with Gasteiger partial charge >= 0.3 is 0 Å². The maximum absolute atomic E-state index is 13.5. The first-order chi connectivity index (χ1) is 9.13. The Morgan fingerprint density at radius 3 is 2.68 bits per heavy atom. The van der Waals surface area contributed by atoms with Gasteiger partial charge in [-0.05, 0) is 31.4 Å². The van der Waals surface area contributed by atoms with Crippen molar-refractivity contribution in [3.8, 4) is 6.07 Å². The number of benzene rings is 1. The van der Waals surface area contributed by atoms with Gasteiger partial charge in [-0.2, -0.15) is 5.26 Å². The quantitative estimate of drug-likeness (QED) is 0.823. The van der Waals surface area contributed by atoms with Crippen molar-refractivity contribution >= 4 is 5.91 Å². The molecular formula is C14H14F2N2O. The zero-order valence-electron chi connectivity index (χ0n) is 10.4. The van der Waals surface area contributed by atoms with Crippen LogP contribution in [0.25, 0.3) is 0 Å². The van der Waals surface area contributed by atoms with Crippen molar-refractivity contribution in [1.29, 1.82) is 5.26 Å². The van der Waals surface area contributed by atoms with E-state index in [2.05, 4.69) is 6.07 Å². The smallest absolute Gasteiger partial charge is 0.228 e. The summed E-state index contributed by atoms with van der Waals surface area (Å²) in [6.45, 7) is 0.479. The normalized spacial score (nSPS) is 19.0. The van der Waals surface area contributed by atoms with Gasteiger partial charge in [0.25, 0.3) is 0 Å². The number of piperidine rings is 1. The van der Waals surface area contributed by atoms with Gasteiger partial charge in [0.15, 0.2) is 0 Å². The van der Waals surface area contributed by atoms with Gasteiger partial charge in [0.1, 0.15) is 17.7 Å². The number of rotatable bonds is 2. The molecule has 2 rings (SSSR count). The average molecular weight is 264 g/mol. The molecule has 1 unspecified atom stereocenters. The molecule has 0 aromatic heterocycles. The van der Waals surface area contributed by atoms with E-state index in [1.807, 2.05) is 0 Å². The van der Waals surface area contributed by atoms with Crippen molar-refractivity contribution in [2.24, 2.45) is 0 Å². The Morgan fingerprint density at radius 2 is 2.05 bits per heavy atom. The monoisotopic (exact) mass is 264 g/mol. The van der Waals surface area contributed by atoms with E-state index < -0.39 is 23.6 Å². The van der Waals surface area contributed by atoms with E-state index in [9.17, 15) is 13.6 Å². The van der Waals surface area contributed by atoms with Crippen LogP contribution in [0, 0.1) is 23.0 Å². The highest BCUT2D eigenvalue weighted by atomic mass is 19.1. The highest BCUT2D eigenvalue weighted by Crippen LogP contribution is 2.19. The number of nitrogens with zero attached hydrogens (tertiary/aromatic N) is 2. The maximum atomic E-state index is 13.5. The van der Waals surface area contributed by atoms with E-state index >= 15 is 0 Å². The molecule has 0 saturated carbocycles. The van der Waals surface area contributed by atoms with Crippen molar-refractivity contribution in [2.45, 2.75) is 31.7 Å². The second-order valence-electron chi connectivity index (χ2n) is 4.60. The molecule has 1 aromatic rings. The summed E-state index contributed by atoms with van der Waals surface area (Å²) < 4.78 is 27.0. The summed E-state index contributed by atoms with van der Waals surface area (Å²) in [5.74, 6) is -1.84. The summed E-state index contributed by atoms with van der Waals surface area (Å²) in [7, 11) is 0. The van der Waals surface area contributed by atoms with Gasteiger partial charge in [-0.1, -0.05) is 6.07 Å². The molecule has 1 fully saturated rings. The van der Waals surface area contributed by atoms with Crippen molar-refractivity contribution in [1.82, 2.24) is 4.90 Å². The molecule has 0 aliphatic carbocycles. The molecule has 19 heavy (non-hydrogen) atoms. The Hall–Kier alpha value is -1.96. The molecule has 0 spiro atoms. The molecule has 1 aromatic carbocycles. The number of carbonyl (C=O) groups excluding carboxylic acids is 1. The van der Waals surface area contributed by atoms with Crippen LogP contribution in [0.2, 0.25) is 0 Å². The predicted octanol–water partition coefficient (Wildman–Crippen LogP) is 2.41. The van der Waals surface area contributed by atoms with Gasteiger partial charge in [-0.3, -0.25) is 4.79 Å². The third-order valence-corrected chi connectivity index (χ3v) is 3.36. The van der Waals surface area contributed by atoms with E-state index in [-0.39, 0.29) is 12.0 Å². The molecule has 0 radical (unpaired) electrons. The van der Waals surface area contributed by atoms with Crippen LogP contribution in [-0.4, -0.2) is 23.4 Å². The Bertz CT molecular complexity index is 504. The Kier molecular flexibility index (Phi) is 4.10. The highest BCUT2D eigenvalue weighted by molar-refractivity contribution is 5.79. The summed E-state index contributed by atoms with van der Waals surface area (Å²) in [6.07, 6.45) is 2.01. The lowest BCUT2D eigenvalue weighted by Gasteiger charge is -2.31. The van der Waals surface area contributed by atoms with Crippen molar-refractivity contribution in [3.63, 3.8) is 0 Å². The molecule has 1 amide bonds. The molecule has 5 heteroatoms. The van der Waals surface area contributed by atoms with Crippen molar-refractivity contribution < 1.29 is 13.6 Å². The molecule has 3 nitrogen and oxygen atoms in total. The second-order valence-corrected chi connectivity index (χ2v) is 4.60. The molecule has 1 atom stereocenters. The fourth-order valence-electron chi connectivity index (χ4n) is 2.32. The first-order valence-electron chi connectivity index (χ1n) is 6.25. The zero-order valence-corrected chi connectivity index (χ0v) is 10.4. The summed E-state index contributed by atoms with van der Waals surface area (Å²) in [5, 5.41) is 8.99. The summed E-state index contributed by atoms with van der Waals surface area (Å²) in [5.41, 5.74) is -0.227. The number of amides is 1. The minimum Gasteiger partial charge on any atom is -0.326 e. The van der Waals surface area contributed by atoms with Gasteiger partial charge in [-0.25, -0.2) is 8.78 Å². The SMILES string of the molecule is N#CC1CCCCN1C(=O)Cc1c(F)cccc1F. The highest BCUT2D eigenvalue weighted by Gasteiger charge is 2.27. The van der Waals surface area contributed by atoms with Crippen LogP contribution in [0.3, 0.4) is 0 Å².